The summed E-state index contributed by atoms with van der Waals surface area (Å²) in [6, 6.07) is 3.23. The van der Waals surface area contributed by atoms with Gasteiger partial charge in [-0.1, -0.05) is 16.4 Å². The van der Waals surface area contributed by atoms with E-state index in [2.05, 4.69) is 20.5 Å². The maximum Gasteiger partial charge on any atom is 0.259 e. The van der Waals surface area contributed by atoms with Crippen molar-refractivity contribution in [1.29, 1.82) is 0 Å². The molecular formula is C17H16F2N6O2. The van der Waals surface area contributed by atoms with Crippen LogP contribution in [0.3, 0.4) is 0 Å². The molecule has 0 saturated carbocycles. The molecule has 8 nitrogen and oxygen atoms in total. The van der Waals surface area contributed by atoms with Crippen LogP contribution in [0.5, 0.6) is 0 Å². The Morgan fingerprint density at radius 2 is 2.07 bits per heavy atom. The van der Waals surface area contributed by atoms with Crippen molar-refractivity contribution in [1.82, 2.24) is 30.0 Å². The lowest BCUT2D eigenvalue weighted by atomic mass is 10.0. The van der Waals surface area contributed by atoms with Crippen molar-refractivity contribution < 1.29 is 18.1 Å². The molecule has 0 N–H and O–H groups in total. The molecule has 4 rings (SSSR count). The molecule has 1 aliphatic rings. The van der Waals surface area contributed by atoms with Gasteiger partial charge in [0.1, 0.15) is 17.2 Å². The molecule has 0 radical (unpaired) electrons. The number of benzene rings is 1. The normalized spacial score (nSPS) is 17.3. The van der Waals surface area contributed by atoms with Gasteiger partial charge in [-0.3, -0.25) is 4.79 Å². The number of hydrogen-bond donors (Lipinski definition) is 0. The molecule has 3 aromatic rings. The summed E-state index contributed by atoms with van der Waals surface area (Å²) in [6.07, 6.45) is 3.12. The Kier molecular flexibility index (Phi) is 4.38. The first kappa shape index (κ1) is 17.3. The van der Waals surface area contributed by atoms with Crippen LogP contribution >= 0.6 is 0 Å². The summed E-state index contributed by atoms with van der Waals surface area (Å²) in [4.78, 5) is 18.2. The summed E-state index contributed by atoms with van der Waals surface area (Å²) in [6.45, 7) is 2.38. The van der Waals surface area contributed by atoms with Gasteiger partial charge in [-0.15, -0.1) is 5.10 Å². The van der Waals surface area contributed by atoms with E-state index in [1.165, 1.54) is 11.0 Å². The van der Waals surface area contributed by atoms with E-state index in [9.17, 15) is 13.6 Å². The number of aromatic nitrogens is 5. The number of carbonyl (C=O) groups excluding carboxylic acids is 1. The Bertz CT molecular complexity index is 965. The molecule has 0 aliphatic carbocycles. The zero-order valence-corrected chi connectivity index (χ0v) is 14.5. The second-order valence-corrected chi connectivity index (χ2v) is 6.36. The molecule has 1 aliphatic heterocycles. The van der Waals surface area contributed by atoms with Crippen LogP contribution in [0.1, 0.15) is 35.1 Å². The quantitative estimate of drug-likeness (QED) is 0.699. The lowest BCUT2D eigenvalue weighted by Gasteiger charge is -2.32. The highest BCUT2D eigenvalue weighted by Crippen LogP contribution is 2.25. The first-order valence-corrected chi connectivity index (χ1v) is 8.48. The standard InChI is InChI=1S/C17H16F2N6O2/c1-10-20-16(22-27-10)14-9-25(23-21-14)11-4-3-7-24(8-11)17(26)15-12(18)5-2-6-13(15)19/h2,5-6,9,11H,3-4,7-8H2,1H3. The molecule has 1 saturated heterocycles. The van der Waals surface area contributed by atoms with Gasteiger partial charge in [0.15, 0.2) is 5.69 Å². The van der Waals surface area contributed by atoms with Gasteiger partial charge in [-0.25, -0.2) is 13.5 Å². The van der Waals surface area contributed by atoms with E-state index in [0.717, 1.165) is 18.6 Å². The van der Waals surface area contributed by atoms with Gasteiger partial charge >= 0.3 is 0 Å². The van der Waals surface area contributed by atoms with Crippen LogP contribution in [-0.4, -0.2) is 49.0 Å². The Hall–Kier alpha value is -3.17. The minimum Gasteiger partial charge on any atom is -0.339 e. The van der Waals surface area contributed by atoms with Crippen molar-refractivity contribution in [2.24, 2.45) is 0 Å². The third kappa shape index (κ3) is 3.29. The first-order valence-electron chi connectivity index (χ1n) is 8.48. The lowest BCUT2D eigenvalue weighted by molar-refractivity contribution is 0.0662. The summed E-state index contributed by atoms with van der Waals surface area (Å²) in [5.74, 6) is -1.64. The fourth-order valence-electron chi connectivity index (χ4n) is 3.18. The van der Waals surface area contributed by atoms with Gasteiger partial charge in [0.2, 0.25) is 11.7 Å². The number of aryl methyl sites for hydroxylation is 1. The van der Waals surface area contributed by atoms with Crippen LogP contribution in [-0.2, 0) is 0 Å². The number of hydrogen-bond acceptors (Lipinski definition) is 6. The second kappa shape index (κ2) is 6.86. The molecule has 1 amide bonds. The molecule has 1 atom stereocenters. The lowest BCUT2D eigenvalue weighted by Crippen LogP contribution is -2.41. The van der Waals surface area contributed by atoms with Gasteiger partial charge in [-0.2, -0.15) is 4.98 Å². The molecule has 1 unspecified atom stereocenters. The van der Waals surface area contributed by atoms with Crippen molar-refractivity contribution in [3.8, 4) is 11.5 Å². The van der Waals surface area contributed by atoms with Crippen molar-refractivity contribution in [3.05, 3.63) is 47.5 Å². The van der Waals surface area contributed by atoms with Gasteiger partial charge < -0.3 is 9.42 Å². The summed E-state index contributed by atoms with van der Waals surface area (Å²) in [7, 11) is 0. The van der Waals surface area contributed by atoms with Crippen molar-refractivity contribution >= 4 is 5.91 Å². The average Bonchev–Trinajstić information content (AvgIpc) is 3.30. The Labute approximate surface area is 152 Å². The van der Waals surface area contributed by atoms with Crippen LogP contribution < -0.4 is 0 Å². The molecule has 10 heteroatoms. The highest BCUT2D eigenvalue weighted by molar-refractivity contribution is 5.94. The Balaban J connectivity index is 1.53. The number of carbonyl (C=O) groups is 1. The van der Waals surface area contributed by atoms with Crippen molar-refractivity contribution in [2.75, 3.05) is 13.1 Å². The summed E-state index contributed by atoms with van der Waals surface area (Å²) in [5.41, 5.74) is -0.0739. The van der Waals surface area contributed by atoms with Gasteiger partial charge in [0.25, 0.3) is 5.91 Å². The number of halogens is 2. The monoisotopic (exact) mass is 374 g/mol. The first-order chi connectivity index (χ1) is 13.0. The van der Waals surface area contributed by atoms with Gasteiger partial charge in [-0.05, 0) is 25.0 Å². The molecule has 27 heavy (non-hydrogen) atoms. The zero-order valence-electron chi connectivity index (χ0n) is 14.5. The largest absolute Gasteiger partial charge is 0.339 e. The van der Waals surface area contributed by atoms with E-state index in [1.54, 1.807) is 17.8 Å². The maximum absolute atomic E-state index is 13.9. The number of rotatable bonds is 3. The van der Waals surface area contributed by atoms with Crippen LogP contribution in [0.4, 0.5) is 8.78 Å². The van der Waals surface area contributed by atoms with Crippen molar-refractivity contribution in [2.45, 2.75) is 25.8 Å². The van der Waals surface area contributed by atoms with Crippen molar-refractivity contribution in [3.63, 3.8) is 0 Å². The van der Waals surface area contributed by atoms with E-state index in [-0.39, 0.29) is 12.6 Å². The molecule has 140 valence electrons. The smallest absolute Gasteiger partial charge is 0.259 e. The minimum absolute atomic E-state index is 0.160. The molecule has 0 spiro atoms. The van der Waals surface area contributed by atoms with Crippen LogP contribution in [0.2, 0.25) is 0 Å². The molecule has 2 aromatic heterocycles. The minimum atomic E-state index is -0.863. The number of likely N-dealkylation sites (tertiary alicyclic amines) is 1. The van der Waals surface area contributed by atoms with E-state index in [4.69, 9.17) is 4.52 Å². The number of amides is 1. The summed E-state index contributed by atoms with van der Waals surface area (Å²) >= 11 is 0. The zero-order chi connectivity index (χ0) is 19.0. The highest BCUT2D eigenvalue weighted by atomic mass is 19.1. The molecule has 1 aromatic carbocycles. The predicted octanol–water partition coefficient (Wildman–Crippen LogP) is 2.39. The maximum atomic E-state index is 13.9. The molecular weight excluding hydrogens is 358 g/mol. The fourth-order valence-corrected chi connectivity index (χ4v) is 3.18. The Morgan fingerprint density at radius 1 is 1.30 bits per heavy atom. The van der Waals surface area contributed by atoms with E-state index in [1.807, 2.05) is 0 Å². The van der Waals surface area contributed by atoms with Crippen LogP contribution in [0.25, 0.3) is 11.5 Å². The summed E-state index contributed by atoms with van der Waals surface area (Å²) < 4.78 is 34.4. The van der Waals surface area contributed by atoms with Gasteiger partial charge in [0.05, 0.1) is 12.2 Å². The third-order valence-electron chi connectivity index (χ3n) is 4.50. The molecule has 1 fully saturated rings. The molecule has 3 heterocycles. The van der Waals surface area contributed by atoms with E-state index >= 15 is 0 Å². The summed E-state index contributed by atoms with van der Waals surface area (Å²) in [5, 5.41) is 11.9. The van der Waals surface area contributed by atoms with E-state index < -0.39 is 23.1 Å². The second-order valence-electron chi connectivity index (χ2n) is 6.36. The molecule has 0 bridgehead atoms. The highest BCUT2D eigenvalue weighted by Gasteiger charge is 2.29. The number of nitrogens with zero attached hydrogens (tertiary/aromatic N) is 6. The third-order valence-corrected chi connectivity index (χ3v) is 4.50. The average molecular weight is 374 g/mol. The van der Waals surface area contributed by atoms with Crippen LogP contribution in [0, 0.1) is 18.6 Å². The predicted molar refractivity (Wildman–Crippen MR) is 88.6 cm³/mol. The number of piperidine rings is 1. The topological polar surface area (TPSA) is 89.9 Å². The fraction of sp³-hybridized carbons (Fsp3) is 0.353. The van der Waals surface area contributed by atoms with E-state index in [0.29, 0.717) is 30.4 Å². The Morgan fingerprint density at radius 3 is 2.78 bits per heavy atom. The SMILES string of the molecule is Cc1nc(-c2cn(C3CCCN(C(=O)c4c(F)cccc4F)C3)nn2)no1. The van der Waals surface area contributed by atoms with Crippen LogP contribution in [0.15, 0.2) is 28.9 Å². The van der Waals surface area contributed by atoms with Gasteiger partial charge in [0, 0.05) is 20.0 Å².